The molecule has 1 atom stereocenters. The number of carbonyl (C=O) groups is 2. The third-order valence-corrected chi connectivity index (χ3v) is 4.83. The van der Waals surface area contributed by atoms with Crippen LogP contribution in [0.3, 0.4) is 0 Å². The van der Waals surface area contributed by atoms with Gasteiger partial charge in [0.05, 0.1) is 11.9 Å². The Kier molecular flexibility index (Phi) is 3.92. The second-order valence-electron chi connectivity index (χ2n) is 6.39. The minimum absolute atomic E-state index is 0.0527. The number of pyridine rings is 1. The molecule has 0 spiro atoms. The van der Waals surface area contributed by atoms with Crippen molar-refractivity contribution in [2.45, 2.75) is 31.6 Å². The molecule has 0 saturated carbocycles. The van der Waals surface area contributed by atoms with Crippen molar-refractivity contribution in [1.29, 1.82) is 0 Å². The van der Waals surface area contributed by atoms with E-state index in [0.29, 0.717) is 29.7 Å². The van der Waals surface area contributed by atoms with Crippen LogP contribution >= 0.6 is 0 Å². The first-order valence-corrected chi connectivity index (χ1v) is 8.40. The molecule has 2 heterocycles. The molecule has 1 aliphatic heterocycles. The van der Waals surface area contributed by atoms with E-state index in [0.717, 1.165) is 12.1 Å². The van der Waals surface area contributed by atoms with Crippen LogP contribution in [0.4, 0.5) is 10.1 Å². The maximum Gasteiger partial charge on any atom is 0.232 e. The maximum absolute atomic E-state index is 13.7. The summed E-state index contributed by atoms with van der Waals surface area (Å²) in [4.78, 5) is 31.3. The zero-order chi connectivity index (χ0) is 17.4. The van der Waals surface area contributed by atoms with Crippen LogP contribution in [0.5, 0.6) is 0 Å². The maximum atomic E-state index is 13.7. The lowest BCUT2D eigenvalue weighted by Crippen LogP contribution is -2.40. The Morgan fingerprint density at radius 3 is 2.76 bits per heavy atom. The minimum Gasteiger partial charge on any atom is -0.294 e. The molecule has 1 aromatic heterocycles. The summed E-state index contributed by atoms with van der Waals surface area (Å²) in [5.74, 6) is -0.767. The molecule has 1 aliphatic carbocycles. The second kappa shape index (κ2) is 6.24. The van der Waals surface area contributed by atoms with E-state index in [2.05, 4.69) is 4.98 Å². The predicted octanol–water partition coefficient (Wildman–Crippen LogP) is 3.75. The highest BCUT2D eigenvalue weighted by molar-refractivity contribution is 6.07. The number of amides is 1. The van der Waals surface area contributed by atoms with E-state index in [-0.39, 0.29) is 29.8 Å². The number of aromatic nitrogens is 1. The molecule has 2 aromatic rings. The Hall–Kier alpha value is -2.82. The Labute approximate surface area is 145 Å². The summed E-state index contributed by atoms with van der Waals surface area (Å²) < 4.78 is 13.7. The van der Waals surface area contributed by atoms with Crippen molar-refractivity contribution in [3.63, 3.8) is 0 Å². The summed E-state index contributed by atoms with van der Waals surface area (Å²) in [6, 6.07) is 9.78. The Balaban J connectivity index is 1.87. The first kappa shape index (κ1) is 15.7. The molecule has 1 unspecified atom stereocenters. The summed E-state index contributed by atoms with van der Waals surface area (Å²) in [5.41, 5.74) is 2.75. The highest BCUT2D eigenvalue weighted by atomic mass is 19.1. The smallest absolute Gasteiger partial charge is 0.232 e. The van der Waals surface area contributed by atoms with Crippen molar-refractivity contribution < 1.29 is 14.0 Å². The molecule has 5 heteroatoms. The quantitative estimate of drug-likeness (QED) is 0.839. The predicted molar refractivity (Wildman–Crippen MR) is 91.4 cm³/mol. The molecule has 0 fully saturated rings. The summed E-state index contributed by atoms with van der Waals surface area (Å²) in [6.07, 6.45) is 5.28. The fraction of sp³-hybridized carbons (Fsp3) is 0.250. The summed E-state index contributed by atoms with van der Waals surface area (Å²) in [5, 5.41) is 0. The number of Topliss-reactive ketones (excluding diaryl/α,β-unsaturated/α-hetero) is 1. The number of nitrogens with zero attached hydrogens (tertiary/aromatic N) is 2. The van der Waals surface area contributed by atoms with Crippen LogP contribution in [0.25, 0.3) is 0 Å². The number of ketones is 1. The van der Waals surface area contributed by atoms with E-state index in [1.165, 1.54) is 12.1 Å². The van der Waals surface area contributed by atoms with E-state index >= 15 is 0 Å². The van der Waals surface area contributed by atoms with Gasteiger partial charge in [0.15, 0.2) is 5.78 Å². The standard InChI is InChI=1S/C20H17FN2O2/c21-14-5-1-4-13(10-14)16-11-19(25)23(15-6-3-9-22-12-15)17-7-2-8-18(24)20(16)17/h1,3-6,9-10,12,16H,2,7-8,11H2. The molecule has 126 valence electrons. The van der Waals surface area contributed by atoms with Gasteiger partial charge in [0, 0.05) is 36.2 Å². The van der Waals surface area contributed by atoms with Crippen LogP contribution in [0.15, 0.2) is 60.1 Å². The molecule has 4 nitrogen and oxygen atoms in total. The van der Waals surface area contributed by atoms with Gasteiger partial charge in [-0.3, -0.25) is 19.5 Å². The third-order valence-electron chi connectivity index (χ3n) is 4.83. The lowest BCUT2D eigenvalue weighted by molar-refractivity contribution is -0.119. The first-order chi connectivity index (χ1) is 12.1. The molecule has 1 aromatic carbocycles. The second-order valence-corrected chi connectivity index (χ2v) is 6.39. The Bertz CT molecular complexity index is 876. The van der Waals surface area contributed by atoms with Gasteiger partial charge in [-0.25, -0.2) is 4.39 Å². The molecule has 4 rings (SSSR count). The average Bonchev–Trinajstić information content (AvgIpc) is 2.62. The Morgan fingerprint density at radius 2 is 2.00 bits per heavy atom. The highest BCUT2D eigenvalue weighted by Gasteiger charge is 2.39. The lowest BCUT2D eigenvalue weighted by atomic mass is 9.77. The Morgan fingerprint density at radius 1 is 1.12 bits per heavy atom. The number of carbonyl (C=O) groups excluding carboxylic acids is 2. The number of rotatable bonds is 2. The van der Waals surface area contributed by atoms with Gasteiger partial charge in [-0.05, 0) is 42.7 Å². The van der Waals surface area contributed by atoms with Gasteiger partial charge in [-0.1, -0.05) is 12.1 Å². The lowest BCUT2D eigenvalue weighted by Gasteiger charge is -2.38. The van der Waals surface area contributed by atoms with Crippen molar-refractivity contribution in [3.8, 4) is 0 Å². The molecular formula is C20H17FN2O2. The molecular weight excluding hydrogens is 319 g/mol. The fourth-order valence-electron chi connectivity index (χ4n) is 3.79. The zero-order valence-electron chi connectivity index (χ0n) is 13.6. The average molecular weight is 336 g/mol. The summed E-state index contributed by atoms with van der Waals surface area (Å²) >= 11 is 0. The molecule has 0 radical (unpaired) electrons. The molecule has 0 saturated heterocycles. The molecule has 0 N–H and O–H groups in total. The van der Waals surface area contributed by atoms with E-state index < -0.39 is 0 Å². The van der Waals surface area contributed by atoms with Crippen LogP contribution in [0, 0.1) is 5.82 Å². The van der Waals surface area contributed by atoms with Crippen molar-refractivity contribution in [2.75, 3.05) is 4.90 Å². The zero-order valence-corrected chi connectivity index (χ0v) is 13.6. The normalized spacial score (nSPS) is 20.7. The summed E-state index contributed by atoms with van der Waals surface area (Å²) in [6.45, 7) is 0. The van der Waals surface area contributed by atoms with E-state index in [4.69, 9.17) is 0 Å². The van der Waals surface area contributed by atoms with Gasteiger partial charge in [-0.2, -0.15) is 0 Å². The number of anilines is 1. The van der Waals surface area contributed by atoms with Gasteiger partial charge in [0.2, 0.25) is 5.91 Å². The number of allylic oxidation sites excluding steroid dienone is 2. The van der Waals surface area contributed by atoms with E-state index in [1.54, 1.807) is 35.5 Å². The van der Waals surface area contributed by atoms with Crippen molar-refractivity contribution >= 4 is 17.4 Å². The fourth-order valence-corrected chi connectivity index (χ4v) is 3.79. The van der Waals surface area contributed by atoms with Gasteiger partial charge in [0.1, 0.15) is 5.82 Å². The SMILES string of the molecule is O=C1CCCC2=C1C(c1cccc(F)c1)CC(=O)N2c1cccnc1. The van der Waals surface area contributed by atoms with Crippen LogP contribution < -0.4 is 4.90 Å². The van der Waals surface area contributed by atoms with Crippen molar-refractivity contribution in [2.24, 2.45) is 0 Å². The van der Waals surface area contributed by atoms with Gasteiger partial charge >= 0.3 is 0 Å². The van der Waals surface area contributed by atoms with Gasteiger partial charge < -0.3 is 0 Å². The molecule has 25 heavy (non-hydrogen) atoms. The molecule has 2 aliphatic rings. The summed E-state index contributed by atoms with van der Waals surface area (Å²) in [7, 11) is 0. The van der Waals surface area contributed by atoms with E-state index in [1.807, 2.05) is 6.07 Å². The van der Waals surface area contributed by atoms with Crippen molar-refractivity contribution in [1.82, 2.24) is 4.98 Å². The highest BCUT2D eigenvalue weighted by Crippen LogP contribution is 2.43. The number of halogens is 1. The van der Waals surface area contributed by atoms with Crippen LogP contribution in [0.1, 0.15) is 37.2 Å². The van der Waals surface area contributed by atoms with Gasteiger partial charge in [-0.15, -0.1) is 0 Å². The number of benzene rings is 1. The monoisotopic (exact) mass is 336 g/mol. The first-order valence-electron chi connectivity index (χ1n) is 8.40. The minimum atomic E-state index is -0.376. The number of hydrogen-bond acceptors (Lipinski definition) is 3. The number of hydrogen-bond donors (Lipinski definition) is 0. The molecule has 0 bridgehead atoms. The largest absolute Gasteiger partial charge is 0.294 e. The van der Waals surface area contributed by atoms with Crippen LogP contribution in [-0.4, -0.2) is 16.7 Å². The van der Waals surface area contributed by atoms with Crippen LogP contribution in [-0.2, 0) is 9.59 Å². The van der Waals surface area contributed by atoms with Crippen molar-refractivity contribution in [3.05, 3.63) is 71.4 Å². The topological polar surface area (TPSA) is 50.3 Å². The molecule has 1 amide bonds. The third kappa shape index (κ3) is 2.76. The van der Waals surface area contributed by atoms with E-state index in [9.17, 15) is 14.0 Å². The van der Waals surface area contributed by atoms with Gasteiger partial charge in [0.25, 0.3) is 0 Å². The van der Waals surface area contributed by atoms with Crippen LogP contribution in [0.2, 0.25) is 0 Å².